The van der Waals surface area contributed by atoms with E-state index in [1.807, 2.05) is 25.1 Å². The molecule has 7 nitrogen and oxygen atoms in total. The molecule has 0 atom stereocenters. The second kappa shape index (κ2) is 9.91. The summed E-state index contributed by atoms with van der Waals surface area (Å²) in [4.78, 5) is 18.4. The normalized spacial score (nSPS) is 12.3. The first-order valence-corrected chi connectivity index (χ1v) is 11.1. The maximum atomic E-state index is 12.8. The average Bonchev–Trinajstić information content (AvgIpc) is 3.39. The number of rotatable bonds is 9. The highest BCUT2D eigenvalue weighted by Gasteiger charge is 2.18. The summed E-state index contributed by atoms with van der Waals surface area (Å²) in [5.41, 5.74) is 10.4. The minimum absolute atomic E-state index is 0.231. The van der Waals surface area contributed by atoms with Crippen molar-refractivity contribution >= 4 is 28.6 Å². The van der Waals surface area contributed by atoms with Crippen molar-refractivity contribution in [1.82, 2.24) is 4.98 Å². The summed E-state index contributed by atoms with van der Waals surface area (Å²) in [6, 6.07) is 13.6. The van der Waals surface area contributed by atoms with Crippen LogP contribution in [0, 0.1) is 6.92 Å². The van der Waals surface area contributed by atoms with Gasteiger partial charge in [-0.05, 0) is 43.2 Å². The highest BCUT2D eigenvalue weighted by molar-refractivity contribution is 7.14. The van der Waals surface area contributed by atoms with Crippen molar-refractivity contribution in [3.63, 3.8) is 0 Å². The lowest BCUT2D eigenvalue weighted by molar-refractivity contribution is 0.102. The molecule has 2 aromatic carbocycles. The maximum absolute atomic E-state index is 12.8. The van der Waals surface area contributed by atoms with Gasteiger partial charge in [0, 0.05) is 41.0 Å². The van der Waals surface area contributed by atoms with Crippen molar-refractivity contribution < 1.29 is 14.3 Å². The van der Waals surface area contributed by atoms with E-state index < -0.39 is 0 Å². The topological polar surface area (TPSA) is 98.5 Å². The predicted molar refractivity (Wildman–Crippen MR) is 124 cm³/mol. The van der Waals surface area contributed by atoms with Crippen LogP contribution >= 0.6 is 11.3 Å². The van der Waals surface area contributed by atoms with Crippen LogP contribution in [0.25, 0.3) is 11.3 Å². The van der Waals surface area contributed by atoms with Gasteiger partial charge in [0.2, 0.25) is 0 Å². The number of benzene rings is 2. The second-order valence-corrected chi connectivity index (χ2v) is 8.41. The van der Waals surface area contributed by atoms with Crippen LogP contribution in [-0.2, 0) is 11.2 Å². The number of nitrogens with zero attached hydrogens (tertiary/aromatic N) is 1. The fourth-order valence-electron chi connectivity index (χ4n) is 3.47. The molecule has 1 aromatic heterocycles. The van der Waals surface area contributed by atoms with E-state index in [0.29, 0.717) is 42.8 Å². The first-order chi connectivity index (χ1) is 15.1. The molecule has 0 saturated carbocycles. The summed E-state index contributed by atoms with van der Waals surface area (Å²) < 4.78 is 11.0. The van der Waals surface area contributed by atoms with Gasteiger partial charge >= 0.3 is 0 Å². The number of carbonyl (C=O) groups excluding carboxylic acids is 1. The number of nitrogens with two attached hydrogens (primary N) is 1. The summed E-state index contributed by atoms with van der Waals surface area (Å²) in [7, 11) is 0. The third-order valence-corrected chi connectivity index (χ3v) is 5.90. The summed E-state index contributed by atoms with van der Waals surface area (Å²) in [5.74, 6) is 0.433. The molecule has 1 aliphatic heterocycles. The maximum Gasteiger partial charge on any atom is 0.284 e. The van der Waals surface area contributed by atoms with Gasteiger partial charge < -0.3 is 25.8 Å². The Balaban J connectivity index is 1.41. The Morgan fingerprint density at radius 2 is 2.13 bits per heavy atom. The summed E-state index contributed by atoms with van der Waals surface area (Å²) in [6.45, 7) is 4.85. The molecule has 1 aliphatic rings. The highest BCUT2D eigenvalue weighted by Crippen LogP contribution is 2.32. The molecule has 4 N–H and O–H groups in total. The number of aromatic nitrogens is 1. The Morgan fingerprint density at radius 1 is 1.23 bits per heavy atom. The smallest absolute Gasteiger partial charge is 0.284 e. The van der Waals surface area contributed by atoms with E-state index in [1.54, 1.807) is 6.07 Å². The van der Waals surface area contributed by atoms with Gasteiger partial charge in [-0.2, -0.15) is 0 Å². The van der Waals surface area contributed by atoms with Crippen LogP contribution in [0.5, 0.6) is 5.75 Å². The van der Waals surface area contributed by atoms with Gasteiger partial charge in [0.1, 0.15) is 12.4 Å². The number of fused-ring (bicyclic) bond motifs is 1. The molecule has 0 fully saturated rings. The number of aryl methyl sites for hydroxylation is 1. The van der Waals surface area contributed by atoms with E-state index in [-0.39, 0.29) is 5.91 Å². The number of amides is 1. The number of hydrogen-bond acceptors (Lipinski definition) is 7. The molecule has 8 heteroatoms. The van der Waals surface area contributed by atoms with Gasteiger partial charge in [0.05, 0.1) is 18.9 Å². The van der Waals surface area contributed by atoms with Crippen molar-refractivity contribution in [1.29, 1.82) is 0 Å². The Kier molecular flexibility index (Phi) is 6.81. The molecule has 0 bridgehead atoms. The van der Waals surface area contributed by atoms with Crippen molar-refractivity contribution in [3.8, 4) is 17.0 Å². The quantitative estimate of drug-likeness (QED) is 0.441. The molecule has 0 unspecified atom stereocenters. The van der Waals surface area contributed by atoms with E-state index >= 15 is 0 Å². The Labute approximate surface area is 185 Å². The summed E-state index contributed by atoms with van der Waals surface area (Å²) in [5, 5.41) is 6.72. The van der Waals surface area contributed by atoms with E-state index in [1.165, 1.54) is 22.6 Å². The number of thiazole rings is 1. The van der Waals surface area contributed by atoms with E-state index in [2.05, 4.69) is 33.8 Å². The number of anilines is 2. The molecule has 31 heavy (non-hydrogen) atoms. The van der Waals surface area contributed by atoms with Crippen LogP contribution in [0.2, 0.25) is 0 Å². The lowest BCUT2D eigenvalue weighted by atomic mass is 10.1. The standard InChI is InChI=1S/C23H26N4O3S/c1-15-21(17-5-6-20-16(13-17)7-9-25-20)27-23(31-15)22(28)26-18-3-2-4-19(14-18)30-12-11-29-10-8-24/h2-6,13-14,25H,7-12,24H2,1H3,(H,26,28). The second-order valence-electron chi connectivity index (χ2n) is 7.20. The lowest BCUT2D eigenvalue weighted by Gasteiger charge is -2.09. The monoisotopic (exact) mass is 438 g/mol. The van der Waals surface area contributed by atoms with Crippen molar-refractivity contribution in [2.75, 3.05) is 43.5 Å². The van der Waals surface area contributed by atoms with Crippen LogP contribution in [0.3, 0.4) is 0 Å². The first-order valence-electron chi connectivity index (χ1n) is 10.3. The molecule has 162 valence electrons. The highest BCUT2D eigenvalue weighted by atomic mass is 32.1. The van der Waals surface area contributed by atoms with Crippen molar-refractivity contribution in [2.45, 2.75) is 13.3 Å². The fraction of sp³-hybridized carbons (Fsp3) is 0.304. The summed E-state index contributed by atoms with van der Waals surface area (Å²) in [6.07, 6.45) is 1.01. The zero-order valence-electron chi connectivity index (χ0n) is 17.4. The number of hydrogen-bond donors (Lipinski definition) is 3. The van der Waals surface area contributed by atoms with Crippen LogP contribution in [0.4, 0.5) is 11.4 Å². The van der Waals surface area contributed by atoms with E-state index in [9.17, 15) is 4.79 Å². The van der Waals surface area contributed by atoms with Gasteiger partial charge in [0.15, 0.2) is 5.01 Å². The number of ether oxygens (including phenoxy) is 2. The molecule has 0 aliphatic carbocycles. The fourth-order valence-corrected chi connectivity index (χ4v) is 4.30. The van der Waals surface area contributed by atoms with Crippen LogP contribution in [-0.4, -0.2) is 43.8 Å². The number of carbonyl (C=O) groups is 1. The Hall–Kier alpha value is -2.94. The minimum Gasteiger partial charge on any atom is -0.491 e. The van der Waals surface area contributed by atoms with Crippen LogP contribution in [0.1, 0.15) is 20.2 Å². The van der Waals surface area contributed by atoms with Crippen LogP contribution < -0.4 is 21.1 Å². The van der Waals surface area contributed by atoms with Crippen molar-refractivity contribution in [2.24, 2.45) is 5.73 Å². The Morgan fingerprint density at radius 3 is 3.00 bits per heavy atom. The van der Waals surface area contributed by atoms with E-state index in [4.69, 9.17) is 15.2 Å². The van der Waals surface area contributed by atoms with Crippen molar-refractivity contribution in [3.05, 3.63) is 57.9 Å². The van der Waals surface area contributed by atoms with Gasteiger partial charge in [0.25, 0.3) is 5.91 Å². The Bertz CT molecular complexity index is 1070. The third-order valence-electron chi connectivity index (χ3n) is 4.93. The molecule has 0 saturated heterocycles. The number of nitrogens with one attached hydrogen (secondary N) is 2. The minimum atomic E-state index is -0.231. The van der Waals surface area contributed by atoms with Gasteiger partial charge in [-0.3, -0.25) is 4.79 Å². The summed E-state index contributed by atoms with van der Waals surface area (Å²) >= 11 is 1.40. The molecular weight excluding hydrogens is 412 g/mol. The molecular formula is C23H26N4O3S. The third kappa shape index (κ3) is 5.22. The molecule has 0 radical (unpaired) electrons. The molecule has 3 aromatic rings. The predicted octanol–water partition coefficient (Wildman–Crippen LogP) is 3.69. The van der Waals surface area contributed by atoms with Crippen LogP contribution in [0.15, 0.2) is 42.5 Å². The molecule has 0 spiro atoms. The van der Waals surface area contributed by atoms with Gasteiger partial charge in [-0.25, -0.2) is 4.98 Å². The van der Waals surface area contributed by atoms with Gasteiger partial charge in [-0.1, -0.05) is 12.1 Å². The van der Waals surface area contributed by atoms with E-state index in [0.717, 1.165) is 29.1 Å². The first kappa shape index (κ1) is 21.3. The average molecular weight is 439 g/mol. The van der Waals surface area contributed by atoms with Gasteiger partial charge in [-0.15, -0.1) is 11.3 Å². The zero-order valence-corrected chi connectivity index (χ0v) is 18.3. The molecule has 4 rings (SSSR count). The zero-order chi connectivity index (χ0) is 21.6. The SMILES string of the molecule is Cc1sc(C(=O)Nc2cccc(OCCOCCN)c2)nc1-c1ccc2c(c1)CCN2. The molecule has 2 heterocycles. The lowest BCUT2D eigenvalue weighted by Crippen LogP contribution is -2.13. The largest absolute Gasteiger partial charge is 0.491 e. The molecule has 1 amide bonds.